The average molecular weight is 303 g/mol. The first-order valence-corrected chi connectivity index (χ1v) is 8.33. The number of hydrogen-bond acceptors (Lipinski definition) is 3. The molecule has 0 bridgehead atoms. The summed E-state index contributed by atoms with van der Waals surface area (Å²) >= 11 is 0. The number of hydrogen-bond donors (Lipinski definition) is 2. The largest absolute Gasteiger partial charge is 0.328 e. The molecule has 3 N–H and O–H groups in total. The first kappa shape index (κ1) is 17.0. The van der Waals surface area contributed by atoms with E-state index in [0.29, 0.717) is 18.4 Å². The maximum Gasteiger partial charge on any atom is 0.238 e. The first-order valence-electron chi connectivity index (χ1n) is 8.33. The Morgan fingerprint density at radius 1 is 1.32 bits per heavy atom. The maximum atomic E-state index is 12.2. The van der Waals surface area contributed by atoms with Crippen LogP contribution >= 0.6 is 0 Å². The summed E-state index contributed by atoms with van der Waals surface area (Å²) in [5.74, 6) is 1.07. The van der Waals surface area contributed by atoms with Crippen LogP contribution < -0.4 is 11.1 Å². The predicted molar refractivity (Wildman–Crippen MR) is 92.0 cm³/mol. The van der Waals surface area contributed by atoms with Gasteiger partial charge in [0.05, 0.1) is 6.54 Å². The number of benzene rings is 1. The molecule has 0 radical (unpaired) electrons. The van der Waals surface area contributed by atoms with E-state index < -0.39 is 0 Å². The number of nitrogens with two attached hydrogens (primary N) is 1. The van der Waals surface area contributed by atoms with Crippen molar-refractivity contribution >= 4 is 11.6 Å². The number of nitrogens with zero attached hydrogens (tertiary/aromatic N) is 1. The van der Waals surface area contributed by atoms with Crippen LogP contribution in [0.15, 0.2) is 24.3 Å². The normalized spacial score (nSPS) is 20.9. The fourth-order valence-corrected chi connectivity index (χ4v) is 3.02. The summed E-state index contributed by atoms with van der Waals surface area (Å²) < 4.78 is 0. The topological polar surface area (TPSA) is 58.4 Å². The van der Waals surface area contributed by atoms with E-state index in [0.717, 1.165) is 25.2 Å². The molecule has 1 aliphatic rings. The highest BCUT2D eigenvalue weighted by molar-refractivity contribution is 5.92. The molecule has 122 valence electrons. The van der Waals surface area contributed by atoms with Crippen molar-refractivity contribution in [2.24, 2.45) is 11.7 Å². The monoisotopic (exact) mass is 303 g/mol. The second-order valence-electron chi connectivity index (χ2n) is 6.82. The molecule has 0 saturated carbocycles. The minimum atomic E-state index is 0.0580. The number of carbonyl (C=O) groups excluding carboxylic acids is 1. The summed E-state index contributed by atoms with van der Waals surface area (Å²) in [5.41, 5.74) is 8.15. The van der Waals surface area contributed by atoms with Gasteiger partial charge in [0.25, 0.3) is 0 Å². The van der Waals surface area contributed by atoms with Crippen LogP contribution in [0.4, 0.5) is 5.69 Å². The minimum absolute atomic E-state index is 0.0580. The molecule has 1 fully saturated rings. The second kappa shape index (κ2) is 7.75. The molecule has 2 atom stereocenters. The van der Waals surface area contributed by atoms with Gasteiger partial charge in [-0.05, 0) is 55.8 Å². The molecule has 1 amide bonds. The van der Waals surface area contributed by atoms with Crippen molar-refractivity contribution in [3.05, 3.63) is 29.8 Å². The molecule has 0 aliphatic carbocycles. The fraction of sp³-hybridized carbons (Fsp3) is 0.611. The van der Waals surface area contributed by atoms with Crippen molar-refractivity contribution < 1.29 is 4.79 Å². The van der Waals surface area contributed by atoms with Crippen LogP contribution in [-0.4, -0.2) is 36.5 Å². The molecule has 4 nitrogen and oxygen atoms in total. The van der Waals surface area contributed by atoms with E-state index in [9.17, 15) is 4.79 Å². The van der Waals surface area contributed by atoms with E-state index in [1.165, 1.54) is 12.0 Å². The van der Waals surface area contributed by atoms with Gasteiger partial charge in [-0.2, -0.15) is 0 Å². The second-order valence-corrected chi connectivity index (χ2v) is 6.82. The highest BCUT2D eigenvalue weighted by Crippen LogP contribution is 2.19. The van der Waals surface area contributed by atoms with Crippen molar-refractivity contribution in [2.75, 3.05) is 25.0 Å². The van der Waals surface area contributed by atoms with Crippen LogP contribution in [0.25, 0.3) is 0 Å². The van der Waals surface area contributed by atoms with Gasteiger partial charge in [-0.15, -0.1) is 0 Å². The van der Waals surface area contributed by atoms with Crippen LogP contribution in [0.2, 0.25) is 0 Å². The average Bonchev–Trinajstić information content (AvgIpc) is 2.47. The van der Waals surface area contributed by atoms with Gasteiger partial charge in [-0.25, -0.2) is 0 Å². The summed E-state index contributed by atoms with van der Waals surface area (Å²) in [5, 5.41) is 2.99. The Balaban J connectivity index is 1.84. The maximum absolute atomic E-state index is 12.2. The molecular weight excluding hydrogens is 274 g/mol. The van der Waals surface area contributed by atoms with Gasteiger partial charge in [0.15, 0.2) is 0 Å². The zero-order valence-electron chi connectivity index (χ0n) is 14.0. The van der Waals surface area contributed by atoms with Crippen LogP contribution in [-0.2, 0) is 4.79 Å². The van der Waals surface area contributed by atoms with Crippen molar-refractivity contribution in [2.45, 2.75) is 45.6 Å². The Kier molecular flexibility index (Phi) is 5.98. The van der Waals surface area contributed by atoms with Gasteiger partial charge in [-0.3, -0.25) is 9.69 Å². The van der Waals surface area contributed by atoms with E-state index >= 15 is 0 Å². The standard InChI is InChI=1S/C18H29N3O/c1-13(2)15-6-8-17(9-7-15)20-18(22)12-21-10-4-5-16(11-21)14(3)19/h6-9,13-14,16H,4-5,10-12,19H2,1-3H3,(H,20,22). The van der Waals surface area contributed by atoms with Crippen LogP contribution in [0.3, 0.4) is 0 Å². The SMILES string of the molecule is CC(C)c1ccc(NC(=O)CN2CCCC(C(C)N)C2)cc1. The number of nitrogens with one attached hydrogen (secondary N) is 1. The lowest BCUT2D eigenvalue weighted by Crippen LogP contribution is -2.45. The van der Waals surface area contributed by atoms with E-state index in [-0.39, 0.29) is 11.9 Å². The third-order valence-electron chi connectivity index (χ3n) is 4.51. The molecule has 1 aromatic carbocycles. The molecule has 0 aromatic heterocycles. The fourth-order valence-electron chi connectivity index (χ4n) is 3.02. The van der Waals surface area contributed by atoms with Crippen LogP contribution in [0.5, 0.6) is 0 Å². The van der Waals surface area contributed by atoms with Gasteiger partial charge in [0, 0.05) is 18.3 Å². The molecule has 4 heteroatoms. The van der Waals surface area contributed by atoms with Gasteiger partial charge >= 0.3 is 0 Å². The number of rotatable bonds is 5. The first-order chi connectivity index (χ1) is 10.5. The van der Waals surface area contributed by atoms with E-state index in [1.807, 2.05) is 12.1 Å². The van der Waals surface area contributed by atoms with E-state index in [2.05, 4.69) is 43.1 Å². The van der Waals surface area contributed by atoms with Crippen molar-refractivity contribution in [3.63, 3.8) is 0 Å². The number of amides is 1. The molecule has 0 spiro atoms. The third kappa shape index (κ3) is 4.82. The number of likely N-dealkylation sites (tertiary alicyclic amines) is 1. The summed E-state index contributed by atoms with van der Waals surface area (Å²) in [6, 6.07) is 8.32. The molecule has 22 heavy (non-hydrogen) atoms. The van der Waals surface area contributed by atoms with Crippen molar-refractivity contribution in [1.82, 2.24) is 4.90 Å². The predicted octanol–water partition coefficient (Wildman–Crippen LogP) is 2.81. The number of carbonyl (C=O) groups is 1. The minimum Gasteiger partial charge on any atom is -0.328 e. The van der Waals surface area contributed by atoms with E-state index in [4.69, 9.17) is 5.73 Å². The number of piperidine rings is 1. The van der Waals surface area contributed by atoms with Gasteiger partial charge in [-0.1, -0.05) is 26.0 Å². The molecular formula is C18H29N3O. The third-order valence-corrected chi connectivity index (χ3v) is 4.51. The zero-order valence-corrected chi connectivity index (χ0v) is 14.0. The Morgan fingerprint density at radius 2 is 2.00 bits per heavy atom. The zero-order chi connectivity index (χ0) is 16.1. The lowest BCUT2D eigenvalue weighted by atomic mass is 9.92. The summed E-state index contributed by atoms with van der Waals surface area (Å²) in [6.45, 7) is 8.76. The van der Waals surface area contributed by atoms with Gasteiger partial charge in [0.1, 0.15) is 0 Å². The Bertz CT molecular complexity index is 482. The highest BCUT2D eigenvalue weighted by atomic mass is 16.2. The summed E-state index contributed by atoms with van der Waals surface area (Å²) in [6.07, 6.45) is 2.30. The number of anilines is 1. The molecule has 1 saturated heterocycles. The smallest absolute Gasteiger partial charge is 0.238 e. The van der Waals surface area contributed by atoms with E-state index in [1.54, 1.807) is 0 Å². The van der Waals surface area contributed by atoms with Gasteiger partial charge in [0.2, 0.25) is 5.91 Å². The quantitative estimate of drug-likeness (QED) is 0.879. The molecule has 2 rings (SSSR count). The lowest BCUT2D eigenvalue weighted by Gasteiger charge is -2.34. The molecule has 1 heterocycles. The highest BCUT2D eigenvalue weighted by Gasteiger charge is 2.23. The van der Waals surface area contributed by atoms with Gasteiger partial charge < -0.3 is 11.1 Å². The Hall–Kier alpha value is -1.39. The lowest BCUT2D eigenvalue weighted by molar-refractivity contribution is -0.117. The Labute approximate surface area is 134 Å². The molecule has 2 unspecified atom stereocenters. The Morgan fingerprint density at radius 3 is 2.59 bits per heavy atom. The summed E-state index contributed by atoms with van der Waals surface area (Å²) in [4.78, 5) is 14.4. The van der Waals surface area contributed by atoms with Crippen molar-refractivity contribution in [3.8, 4) is 0 Å². The molecule has 1 aromatic rings. The molecule has 1 aliphatic heterocycles. The van der Waals surface area contributed by atoms with Crippen molar-refractivity contribution in [1.29, 1.82) is 0 Å². The summed E-state index contributed by atoms with van der Waals surface area (Å²) in [7, 11) is 0. The van der Waals surface area contributed by atoms with Crippen LogP contribution in [0, 0.1) is 5.92 Å². The van der Waals surface area contributed by atoms with Crippen LogP contribution in [0.1, 0.15) is 45.1 Å².